The first kappa shape index (κ1) is 51.3. The van der Waals surface area contributed by atoms with Gasteiger partial charge < -0.3 is 15.5 Å². The van der Waals surface area contributed by atoms with Crippen molar-refractivity contribution in [1.29, 1.82) is 0 Å². The normalized spacial score (nSPS) is 13.1. The molecule has 0 unspecified atom stereocenters. The Morgan fingerprint density at radius 3 is 1.62 bits per heavy atom. The second kappa shape index (κ2) is 27.1. The zero-order valence-corrected chi connectivity index (χ0v) is 43.9. The highest BCUT2D eigenvalue weighted by molar-refractivity contribution is 7.19. The Kier molecular flexibility index (Phi) is 21.1. The van der Waals surface area contributed by atoms with Crippen LogP contribution in [-0.4, -0.2) is 45.5 Å². The first-order valence-electron chi connectivity index (χ1n) is 25.9. The molecule has 0 aliphatic heterocycles. The summed E-state index contributed by atoms with van der Waals surface area (Å²) >= 11 is 4.86. The molecule has 0 spiro atoms. The smallest absolute Gasteiger partial charge is 0.116 e. The summed E-state index contributed by atoms with van der Waals surface area (Å²) in [5, 5.41) is 0. The van der Waals surface area contributed by atoms with Crippen LogP contribution in [-0.2, 0) is 0 Å². The van der Waals surface area contributed by atoms with Gasteiger partial charge in [-0.2, -0.15) is 8.75 Å². The fraction of sp³-hybridized carbons (Fsp3) is 0.526. The van der Waals surface area contributed by atoms with E-state index in [1.165, 1.54) is 160 Å². The van der Waals surface area contributed by atoms with Crippen molar-refractivity contribution in [1.82, 2.24) is 13.6 Å². The van der Waals surface area contributed by atoms with E-state index in [0.29, 0.717) is 5.69 Å². The molecule has 356 valence electrons. The van der Waals surface area contributed by atoms with Gasteiger partial charge in [0.25, 0.3) is 0 Å². The molecule has 66 heavy (non-hydrogen) atoms. The van der Waals surface area contributed by atoms with E-state index in [2.05, 4.69) is 119 Å². The van der Waals surface area contributed by atoms with Crippen molar-refractivity contribution in [3.05, 3.63) is 83.4 Å². The Bertz CT molecular complexity index is 2330. The number of aliphatic imine (C=N–C) groups is 1. The Morgan fingerprint density at radius 2 is 1.09 bits per heavy atom. The number of benzene rings is 2. The number of unbranched alkanes of at least 4 members (excludes halogenated alkanes) is 12. The minimum absolute atomic E-state index is 0.656. The third-order valence-corrected chi connectivity index (χ3v) is 16.2. The summed E-state index contributed by atoms with van der Waals surface area (Å²) < 4.78 is 9.99. The Labute approximate surface area is 411 Å². The molecule has 0 saturated carbocycles. The number of aromatic nitrogens is 2. The van der Waals surface area contributed by atoms with E-state index in [-0.39, 0.29) is 0 Å². The second-order valence-corrected chi connectivity index (χ2v) is 21.0. The minimum atomic E-state index is 0.656. The van der Waals surface area contributed by atoms with E-state index in [4.69, 9.17) is 19.5 Å². The van der Waals surface area contributed by atoms with E-state index >= 15 is 0 Å². The van der Waals surface area contributed by atoms with E-state index in [0.717, 1.165) is 87.7 Å². The van der Waals surface area contributed by atoms with E-state index in [1.807, 2.05) is 11.3 Å². The molecule has 0 amide bonds. The van der Waals surface area contributed by atoms with Crippen LogP contribution in [0.5, 0.6) is 0 Å². The van der Waals surface area contributed by atoms with Crippen molar-refractivity contribution >= 4 is 73.8 Å². The van der Waals surface area contributed by atoms with Crippen molar-refractivity contribution < 1.29 is 0 Å². The molecule has 1 aliphatic rings. The van der Waals surface area contributed by atoms with Crippen LogP contribution in [0.1, 0.15) is 175 Å². The van der Waals surface area contributed by atoms with E-state index in [1.54, 1.807) is 11.3 Å². The molecule has 6 rings (SSSR count). The average molecular weight is 946 g/mol. The number of nitrogens with zero attached hydrogens (tertiary/aromatic N) is 5. The maximum Gasteiger partial charge on any atom is 0.116 e. The maximum absolute atomic E-state index is 7.42. The summed E-state index contributed by atoms with van der Waals surface area (Å²) in [6.07, 6.45) is 29.2. The van der Waals surface area contributed by atoms with Crippen molar-refractivity contribution in [3.63, 3.8) is 0 Å². The van der Waals surface area contributed by atoms with Crippen molar-refractivity contribution in [2.75, 3.05) is 36.8 Å². The maximum atomic E-state index is 7.42. The molecule has 0 fully saturated rings. The quantitative estimate of drug-likeness (QED) is 0.0282. The summed E-state index contributed by atoms with van der Waals surface area (Å²) in [6, 6.07) is 18.3. The highest BCUT2D eigenvalue weighted by Crippen LogP contribution is 2.51. The molecule has 0 bridgehead atoms. The summed E-state index contributed by atoms with van der Waals surface area (Å²) in [4.78, 5) is 15.4. The van der Waals surface area contributed by atoms with E-state index < -0.39 is 0 Å². The molecule has 9 heteroatoms. The molecule has 6 nitrogen and oxygen atoms in total. The van der Waals surface area contributed by atoms with Gasteiger partial charge in [-0.1, -0.05) is 143 Å². The Morgan fingerprint density at radius 1 is 0.576 bits per heavy atom. The zero-order chi connectivity index (χ0) is 46.7. The molecule has 3 heterocycles. The summed E-state index contributed by atoms with van der Waals surface area (Å²) in [7, 11) is 0. The van der Waals surface area contributed by atoms with E-state index in [9.17, 15) is 0 Å². The molecule has 0 radical (unpaired) electrons. The molecular weight excluding hydrogens is 865 g/mol. The van der Waals surface area contributed by atoms with Gasteiger partial charge in [-0.25, -0.2) is 0 Å². The van der Waals surface area contributed by atoms with Gasteiger partial charge in [-0.05, 0) is 111 Å². The molecule has 0 saturated heterocycles. The fourth-order valence-corrected chi connectivity index (χ4v) is 12.0. The SMILES string of the molecule is C=C(CC)C(CC)=Nc1c(N)c(-c2ccc(-c3ccc(N(CCCCCC)CCCCCC)cc3)s2)c2nsnc2c1-c1ccc(C2=CC=C(N(CCCCCC)CCCCCC)CC2)s1. The lowest BCUT2D eigenvalue weighted by atomic mass is 9.99. The topological polar surface area (TPSA) is 70.6 Å². The summed E-state index contributed by atoms with van der Waals surface area (Å²) in [6.45, 7) is 22.5. The van der Waals surface area contributed by atoms with Crippen LogP contribution in [0.25, 0.3) is 47.9 Å². The van der Waals surface area contributed by atoms with Crippen LogP contribution in [0.2, 0.25) is 0 Å². The first-order chi connectivity index (χ1) is 32.3. The molecule has 2 N–H and O–H groups in total. The highest BCUT2D eigenvalue weighted by atomic mass is 32.1. The average Bonchev–Trinajstić information content (AvgIpc) is 4.15. The first-order valence-corrected chi connectivity index (χ1v) is 28.3. The number of hydrogen-bond donors (Lipinski definition) is 1. The monoisotopic (exact) mass is 945 g/mol. The lowest BCUT2D eigenvalue weighted by molar-refractivity contribution is 0.313. The number of fused-ring (bicyclic) bond motifs is 1. The number of anilines is 2. The number of nitrogens with two attached hydrogens (primary N) is 1. The van der Waals surface area contributed by atoms with Crippen LogP contribution < -0.4 is 10.6 Å². The third-order valence-electron chi connectivity index (χ3n) is 13.3. The molecular formula is C57H80N6S3. The fourth-order valence-electron chi connectivity index (χ4n) is 9.25. The number of nitrogen functional groups attached to an aromatic ring is 1. The van der Waals surface area contributed by atoms with Crippen molar-refractivity contribution in [2.24, 2.45) is 4.99 Å². The predicted octanol–water partition coefficient (Wildman–Crippen LogP) is 18.3. The van der Waals surface area contributed by atoms with Crippen molar-refractivity contribution in [3.8, 4) is 31.3 Å². The Balaban J connectivity index is 1.32. The van der Waals surface area contributed by atoms with Crippen LogP contribution in [0.3, 0.4) is 0 Å². The number of hydrogen-bond acceptors (Lipinski definition) is 9. The van der Waals surface area contributed by atoms with Crippen molar-refractivity contribution in [2.45, 2.75) is 170 Å². The Hall–Kier alpha value is -4.05. The largest absolute Gasteiger partial charge is 0.396 e. The molecule has 2 aromatic carbocycles. The van der Waals surface area contributed by atoms with Gasteiger partial charge in [0, 0.05) is 73.9 Å². The zero-order valence-electron chi connectivity index (χ0n) is 41.5. The molecule has 3 aromatic heterocycles. The number of thiophene rings is 2. The summed E-state index contributed by atoms with van der Waals surface area (Å²) in [5.74, 6) is 0. The van der Waals surface area contributed by atoms with Crippen LogP contribution in [0.4, 0.5) is 17.1 Å². The number of allylic oxidation sites excluding steroid dienone is 5. The van der Waals surface area contributed by atoms with Gasteiger partial charge in [-0.3, -0.25) is 4.99 Å². The van der Waals surface area contributed by atoms with Gasteiger partial charge in [-0.15, -0.1) is 22.7 Å². The second-order valence-electron chi connectivity index (χ2n) is 18.3. The lowest BCUT2D eigenvalue weighted by Crippen LogP contribution is -2.26. The summed E-state index contributed by atoms with van der Waals surface area (Å²) in [5.41, 5.74) is 19.9. The van der Waals surface area contributed by atoms with Gasteiger partial charge in [0.1, 0.15) is 11.0 Å². The third kappa shape index (κ3) is 13.6. The standard InChI is InChI=1S/C57H80N6S3/c1-8-14-18-22-38-62(39-23-19-15-9-2)45-30-26-43(27-31-45)48-34-36-50(64-48)52-54(58)55(59-47(13-6)42(7)12-5)53(57-56(52)60-66-61-57)51-37-35-49(65-51)44-28-32-46(33-29-44)63(40-24-20-16-10-3)41-25-21-17-11-4/h26-28,30-32,34-37H,7-25,29,33,38-41,58H2,1-6H3. The van der Waals surface area contributed by atoms with Crippen LogP contribution in [0, 0.1) is 0 Å². The lowest BCUT2D eigenvalue weighted by Gasteiger charge is -2.29. The molecule has 1 aliphatic carbocycles. The van der Waals surface area contributed by atoms with Gasteiger partial charge in [0.15, 0.2) is 0 Å². The van der Waals surface area contributed by atoms with Gasteiger partial charge in [0.05, 0.1) is 23.1 Å². The minimum Gasteiger partial charge on any atom is -0.396 e. The predicted molar refractivity (Wildman–Crippen MR) is 296 cm³/mol. The number of rotatable bonds is 30. The highest BCUT2D eigenvalue weighted by Gasteiger charge is 2.26. The van der Waals surface area contributed by atoms with Crippen LogP contribution in [0.15, 0.2) is 83.5 Å². The van der Waals surface area contributed by atoms with Gasteiger partial charge >= 0.3 is 0 Å². The molecule has 5 aromatic rings. The molecule has 0 atom stereocenters. The van der Waals surface area contributed by atoms with Crippen LogP contribution >= 0.6 is 34.4 Å². The van der Waals surface area contributed by atoms with Gasteiger partial charge in [0.2, 0.25) is 0 Å².